The van der Waals surface area contributed by atoms with Crippen LogP contribution in [0.5, 0.6) is 0 Å². The predicted octanol–water partition coefficient (Wildman–Crippen LogP) is 1.74. The highest BCUT2D eigenvalue weighted by atomic mass is 32.2. The molecule has 1 amide bonds. The van der Waals surface area contributed by atoms with Gasteiger partial charge in [0.25, 0.3) is 0 Å². The minimum atomic E-state index is -0.761. The van der Waals surface area contributed by atoms with E-state index in [1.807, 2.05) is 0 Å². The Kier molecular flexibility index (Phi) is 4.44. The van der Waals surface area contributed by atoms with E-state index < -0.39 is 16.9 Å². The molecule has 2 fully saturated rings. The highest BCUT2D eigenvalue weighted by molar-refractivity contribution is 7.85. The molecule has 1 atom stereocenters. The summed E-state index contributed by atoms with van der Waals surface area (Å²) >= 11 is 0. The normalized spacial score (nSPS) is 28.7. The van der Waals surface area contributed by atoms with Gasteiger partial charge in [-0.05, 0) is 36.5 Å². The number of benzene rings is 1. The average molecular weight is 326 g/mol. The number of halogens is 1. The number of rotatable bonds is 3. The van der Waals surface area contributed by atoms with Gasteiger partial charge in [0.05, 0.1) is 12.2 Å². The fourth-order valence-electron chi connectivity index (χ4n) is 2.97. The number of ether oxygens (including phenoxy) is 1. The van der Waals surface area contributed by atoms with Gasteiger partial charge >= 0.3 is 6.09 Å². The van der Waals surface area contributed by atoms with Crippen LogP contribution in [0, 0.1) is 5.82 Å². The maximum Gasteiger partial charge on any atom is 0.414 e. The summed E-state index contributed by atoms with van der Waals surface area (Å²) in [7, 11) is -0.761. The number of anilines is 1. The van der Waals surface area contributed by atoms with Crippen molar-refractivity contribution in [2.45, 2.75) is 24.9 Å². The highest BCUT2D eigenvalue weighted by Crippen LogP contribution is 2.32. The summed E-state index contributed by atoms with van der Waals surface area (Å²) in [4.78, 5) is 13.2. The number of amides is 1. The maximum atomic E-state index is 14.4. The minimum absolute atomic E-state index is 0.106. The van der Waals surface area contributed by atoms with Crippen molar-refractivity contribution in [1.29, 1.82) is 0 Å². The molecule has 0 aliphatic carbocycles. The molecule has 0 bridgehead atoms. The van der Waals surface area contributed by atoms with Crippen LogP contribution in [0.15, 0.2) is 18.2 Å². The van der Waals surface area contributed by atoms with Crippen molar-refractivity contribution < 1.29 is 18.1 Å². The van der Waals surface area contributed by atoms with Crippen LogP contribution in [-0.2, 0) is 15.5 Å². The molecular weight excluding hydrogens is 307 g/mol. The number of nitrogens with two attached hydrogens (primary N) is 1. The molecule has 1 aromatic rings. The summed E-state index contributed by atoms with van der Waals surface area (Å²) in [5, 5.41) is 0. The van der Waals surface area contributed by atoms with Crippen LogP contribution < -0.4 is 10.6 Å². The third-order valence-corrected chi connectivity index (χ3v) is 5.64. The van der Waals surface area contributed by atoms with Crippen LogP contribution in [0.2, 0.25) is 0 Å². The topological polar surface area (TPSA) is 72.6 Å². The molecule has 5 nitrogen and oxygen atoms in total. The largest absolute Gasteiger partial charge is 0.443 e. The van der Waals surface area contributed by atoms with E-state index in [0.29, 0.717) is 29.3 Å². The molecule has 2 aliphatic rings. The van der Waals surface area contributed by atoms with Crippen molar-refractivity contribution in [1.82, 2.24) is 0 Å². The zero-order valence-corrected chi connectivity index (χ0v) is 13.0. The van der Waals surface area contributed by atoms with E-state index in [1.165, 1.54) is 11.0 Å². The van der Waals surface area contributed by atoms with E-state index in [2.05, 4.69) is 0 Å². The molecular formula is C15H19FN2O3S. The summed E-state index contributed by atoms with van der Waals surface area (Å²) in [6.07, 6.45) is 0.646. The Balaban J connectivity index is 1.78. The van der Waals surface area contributed by atoms with Crippen LogP contribution in [-0.4, -0.2) is 41.0 Å². The van der Waals surface area contributed by atoms with Crippen LogP contribution in [0.1, 0.15) is 24.3 Å². The molecule has 0 spiro atoms. The highest BCUT2D eigenvalue weighted by Gasteiger charge is 2.32. The first kappa shape index (κ1) is 15.4. The van der Waals surface area contributed by atoms with E-state index in [1.54, 1.807) is 12.1 Å². The summed E-state index contributed by atoms with van der Waals surface area (Å²) < 4.78 is 30.9. The first-order valence-electron chi connectivity index (χ1n) is 7.41. The lowest BCUT2D eigenvalue weighted by Gasteiger charge is -2.23. The lowest BCUT2D eigenvalue weighted by atomic mass is 9.93. The smallest absolute Gasteiger partial charge is 0.414 e. The second-order valence-corrected chi connectivity index (χ2v) is 7.38. The van der Waals surface area contributed by atoms with E-state index in [9.17, 15) is 13.4 Å². The molecule has 0 saturated carbocycles. The number of nitrogens with zero attached hydrogens (tertiary/aromatic N) is 1. The number of carbonyl (C=O) groups is 1. The molecule has 0 unspecified atom stereocenters. The summed E-state index contributed by atoms with van der Waals surface area (Å²) in [5.74, 6) is 1.04. The van der Waals surface area contributed by atoms with Crippen molar-refractivity contribution in [3.8, 4) is 0 Å². The fourth-order valence-corrected chi connectivity index (χ4v) is 4.27. The molecule has 2 aliphatic heterocycles. The van der Waals surface area contributed by atoms with Crippen molar-refractivity contribution in [2.24, 2.45) is 5.73 Å². The minimum Gasteiger partial charge on any atom is -0.443 e. The lowest BCUT2D eigenvalue weighted by Crippen LogP contribution is -2.27. The molecule has 120 valence electrons. The Bertz CT molecular complexity index is 600. The van der Waals surface area contributed by atoms with Gasteiger partial charge in [-0.15, -0.1) is 0 Å². The predicted molar refractivity (Wildman–Crippen MR) is 82.9 cm³/mol. The molecule has 0 aromatic heterocycles. The van der Waals surface area contributed by atoms with Gasteiger partial charge in [-0.2, -0.15) is 0 Å². The Morgan fingerprint density at radius 3 is 2.68 bits per heavy atom. The molecule has 1 aromatic carbocycles. The molecule has 2 N–H and O–H groups in total. The van der Waals surface area contributed by atoms with Gasteiger partial charge in [0.15, 0.2) is 0 Å². The van der Waals surface area contributed by atoms with Crippen molar-refractivity contribution in [3.63, 3.8) is 0 Å². The monoisotopic (exact) mass is 326 g/mol. The zero-order valence-electron chi connectivity index (χ0n) is 12.2. The third-order valence-electron chi connectivity index (χ3n) is 4.26. The van der Waals surface area contributed by atoms with E-state index in [0.717, 1.165) is 12.8 Å². The molecule has 2 saturated heterocycles. The van der Waals surface area contributed by atoms with Gasteiger partial charge in [0.1, 0.15) is 11.9 Å². The second kappa shape index (κ2) is 6.34. The van der Waals surface area contributed by atoms with E-state index >= 15 is 0 Å². The molecule has 3 rings (SSSR count). The fraction of sp³-hybridized carbons (Fsp3) is 0.533. The summed E-state index contributed by atoms with van der Waals surface area (Å²) in [6, 6.07) is 4.85. The van der Waals surface area contributed by atoms with Crippen molar-refractivity contribution in [3.05, 3.63) is 29.6 Å². The Hall–Kier alpha value is -1.47. The van der Waals surface area contributed by atoms with Gasteiger partial charge in [-0.1, -0.05) is 6.07 Å². The standard InChI is InChI=1S/C15H19FN2O3S/c16-14-7-11(18-9-12(8-17)21-15(18)19)1-2-13(14)10-3-5-22(20)6-4-10/h1-2,7,10,12H,3-6,8-9,17H2/t10?,12-,22?/m0/s1. The zero-order chi connectivity index (χ0) is 15.7. The van der Waals surface area contributed by atoms with Crippen molar-refractivity contribution >= 4 is 22.6 Å². The molecule has 22 heavy (non-hydrogen) atoms. The second-order valence-electron chi connectivity index (χ2n) is 5.68. The molecule has 2 heterocycles. The number of carbonyl (C=O) groups excluding carboxylic acids is 1. The molecule has 0 radical (unpaired) electrons. The van der Waals surface area contributed by atoms with Gasteiger partial charge < -0.3 is 10.5 Å². The average Bonchev–Trinajstić information content (AvgIpc) is 2.89. The van der Waals surface area contributed by atoms with Crippen molar-refractivity contribution in [2.75, 3.05) is 29.5 Å². The summed E-state index contributed by atoms with van der Waals surface area (Å²) in [5.41, 5.74) is 6.63. The van der Waals surface area contributed by atoms with E-state index in [4.69, 9.17) is 10.5 Å². The first-order chi connectivity index (χ1) is 10.6. The third kappa shape index (κ3) is 3.01. The van der Waals surface area contributed by atoms with Crippen LogP contribution in [0.25, 0.3) is 0 Å². The van der Waals surface area contributed by atoms with Crippen LogP contribution in [0.4, 0.5) is 14.9 Å². The Labute approximate surface area is 131 Å². The van der Waals surface area contributed by atoms with Crippen LogP contribution >= 0.6 is 0 Å². The van der Waals surface area contributed by atoms with Gasteiger partial charge in [-0.3, -0.25) is 9.11 Å². The van der Waals surface area contributed by atoms with Gasteiger partial charge in [-0.25, -0.2) is 9.18 Å². The van der Waals surface area contributed by atoms with Gasteiger partial charge in [0, 0.05) is 28.9 Å². The lowest BCUT2D eigenvalue weighted by molar-refractivity contribution is 0.145. The summed E-state index contributed by atoms with van der Waals surface area (Å²) in [6.45, 7) is 0.596. The quantitative estimate of drug-likeness (QED) is 0.918. The SMILES string of the molecule is NC[C@H]1CN(c2ccc(C3CCS(=O)CC3)c(F)c2)C(=O)O1. The molecule has 7 heteroatoms. The number of cyclic esters (lactones) is 1. The van der Waals surface area contributed by atoms with Gasteiger partial charge in [0.2, 0.25) is 0 Å². The maximum absolute atomic E-state index is 14.4. The van der Waals surface area contributed by atoms with E-state index in [-0.39, 0.29) is 24.4 Å². The Morgan fingerprint density at radius 2 is 2.09 bits per heavy atom. The number of hydrogen-bond donors (Lipinski definition) is 1. The first-order valence-corrected chi connectivity index (χ1v) is 8.90. The Morgan fingerprint density at radius 1 is 1.36 bits per heavy atom. The number of hydrogen-bond acceptors (Lipinski definition) is 4. The van der Waals surface area contributed by atoms with Crippen LogP contribution in [0.3, 0.4) is 0 Å².